The summed E-state index contributed by atoms with van der Waals surface area (Å²) in [5.74, 6) is 0. The van der Waals surface area contributed by atoms with E-state index in [0.29, 0.717) is 0 Å². The average molecular weight is 716 g/mol. The molecule has 0 aliphatic heterocycles. The van der Waals surface area contributed by atoms with Crippen LogP contribution >= 0.6 is 0 Å². The first kappa shape index (κ1) is 31.9. The van der Waals surface area contributed by atoms with Crippen LogP contribution in [0.2, 0.25) is 0 Å². The molecule has 0 saturated carbocycles. The highest BCUT2D eigenvalue weighted by molar-refractivity contribution is 6.19. The first-order valence-electron chi connectivity index (χ1n) is 18.9. The molecule has 2 heterocycles. The number of nitrogens with zero attached hydrogens (tertiary/aromatic N) is 3. The third-order valence-electron chi connectivity index (χ3n) is 10.8. The molecule has 0 amide bonds. The summed E-state index contributed by atoms with van der Waals surface area (Å²) in [6, 6.07) is 70.1. The molecule has 0 radical (unpaired) electrons. The normalized spacial score (nSPS) is 11.6. The van der Waals surface area contributed by atoms with Crippen LogP contribution in [0.25, 0.3) is 88.2 Å². The lowest BCUT2D eigenvalue weighted by Gasteiger charge is -2.25. The fourth-order valence-corrected chi connectivity index (χ4v) is 8.15. The Hall–Kier alpha value is -7.56. The van der Waals surface area contributed by atoms with Crippen LogP contribution in [0.15, 0.2) is 205 Å². The largest absolute Gasteiger partial charge is 0.454 e. The Kier molecular flexibility index (Phi) is 7.46. The number of para-hydroxylation sites is 3. The molecule has 9 aromatic carbocycles. The smallest absolute Gasteiger partial charge is 0.159 e. The van der Waals surface area contributed by atoms with E-state index in [1.165, 1.54) is 0 Å². The molecule has 4 nitrogen and oxygen atoms in total. The van der Waals surface area contributed by atoms with Gasteiger partial charge in [-0.15, -0.1) is 0 Å². The van der Waals surface area contributed by atoms with Crippen molar-refractivity contribution in [2.24, 2.45) is 0 Å². The molecule has 262 valence electrons. The highest BCUT2D eigenvalue weighted by Gasteiger charge is 2.20. The molecule has 56 heavy (non-hydrogen) atoms. The molecule has 11 rings (SSSR count). The van der Waals surface area contributed by atoms with Crippen molar-refractivity contribution in [1.82, 2.24) is 9.97 Å². The van der Waals surface area contributed by atoms with Gasteiger partial charge in [0, 0.05) is 38.7 Å². The summed E-state index contributed by atoms with van der Waals surface area (Å²) in [6.07, 6.45) is 0. The second-order valence-corrected chi connectivity index (χ2v) is 14.2. The quantitative estimate of drug-likeness (QED) is 0.161. The lowest BCUT2D eigenvalue weighted by molar-refractivity contribution is 0.669. The average Bonchev–Trinajstić information content (AvgIpc) is 3.66. The SMILES string of the molecule is c1ccc(-c2nc3ccc4ccc5ccc(-c6ccc(N(c7ccccc7)c7cccc8c7oc7ccccc78)cc6)cc5c4c3nc2-c2ccccc2)cc1. The highest BCUT2D eigenvalue weighted by Crippen LogP contribution is 2.43. The predicted molar refractivity (Wildman–Crippen MR) is 233 cm³/mol. The van der Waals surface area contributed by atoms with Crippen LogP contribution in [0, 0.1) is 0 Å². The summed E-state index contributed by atoms with van der Waals surface area (Å²) < 4.78 is 6.52. The van der Waals surface area contributed by atoms with E-state index in [-0.39, 0.29) is 0 Å². The molecule has 0 spiro atoms. The van der Waals surface area contributed by atoms with Crippen LogP contribution in [0.4, 0.5) is 17.1 Å². The zero-order chi connectivity index (χ0) is 37.0. The molecule has 0 atom stereocenters. The van der Waals surface area contributed by atoms with E-state index < -0.39 is 0 Å². The fraction of sp³-hybridized carbons (Fsp3) is 0. The van der Waals surface area contributed by atoms with Crippen LogP contribution in [0.3, 0.4) is 0 Å². The molecule has 0 aliphatic carbocycles. The van der Waals surface area contributed by atoms with Crippen molar-refractivity contribution in [3.8, 4) is 33.6 Å². The second-order valence-electron chi connectivity index (χ2n) is 14.2. The van der Waals surface area contributed by atoms with Gasteiger partial charge in [-0.05, 0) is 75.8 Å². The highest BCUT2D eigenvalue weighted by atomic mass is 16.3. The van der Waals surface area contributed by atoms with Crippen molar-refractivity contribution in [2.45, 2.75) is 0 Å². The second kappa shape index (κ2) is 13.1. The summed E-state index contributed by atoms with van der Waals surface area (Å²) >= 11 is 0. The fourth-order valence-electron chi connectivity index (χ4n) is 8.15. The van der Waals surface area contributed by atoms with E-state index in [4.69, 9.17) is 14.4 Å². The van der Waals surface area contributed by atoms with E-state index in [2.05, 4.69) is 181 Å². The van der Waals surface area contributed by atoms with Gasteiger partial charge in [0.05, 0.1) is 28.1 Å². The summed E-state index contributed by atoms with van der Waals surface area (Å²) in [4.78, 5) is 13.0. The Bertz CT molecular complexity index is 3230. The Morgan fingerprint density at radius 2 is 0.982 bits per heavy atom. The lowest BCUT2D eigenvalue weighted by atomic mass is 9.95. The van der Waals surface area contributed by atoms with E-state index >= 15 is 0 Å². The number of benzene rings is 9. The van der Waals surface area contributed by atoms with Crippen LogP contribution < -0.4 is 4.90 Å². The van der Waals surface area contributed by atoms with E-state index in [9.17, 15) is 0 Å². The number of hydrogen-bond acceptors (Lipinski definition) is 4. The molecule has 4 heteroatoms. The molecular formula is C52H33N3O. The molecule has 0 bridgehead atoms. The van der Waals surface area contributed by atoms with Gasteiger partial charge in [-0.3, -0.25) is 0 Å². The molecule has 2 aromatic heterocycles. The van der Waals surface area contributed by atoms with Gasteiger partial charge in [-0.2, -0.15) is 0 Å². The maximum atomic E-state index is 6.52. The number of fused-ring (bicyclic) bond motifs is 8. The first-order chi connectivity index (χ1) is 27.8. The van der Waals surface area contributed by atoms with Gasteiger partial charge in [0.1, 0.15) is 5.58 Å². The Morgan fingerprint density at radius 3 is 1.75 bits per heavy atom. The van der Waals surface area contributed by atoms with Gasteiger partial charge in [-0.1, -0.05) is 152 Å². The molecule has 0 fully saturated rings. The minimum absolute atomic E-state index is 0.865. The number of aromatic nitrogens is 2. The number of anilines is 3. The number of furan rings is 1. The van der Waals surface area contributed by atoms with Crippen molar-refractivity contribution in [3.63, 3.8) is 0 Å². The summed E-state index contributed by atoms with van der Waals surface area (Å²) in [7, 11) is 0. The van der Waals surface area contributed by atoms with E-state index in [0.717, 1.165) is 105 Å². The van der Waals surface area contributed by atoms with Gasteiger partial charge in [0.15, 0.2) is 5.58 Å². The third-order valence-corrected chi connectivity index (χ3v) is 10.8. The van der Waals surface area contributed by atoms with Gasteiger partial charge >= 0.3 is 0 Å². The van der Waals surface area contributed by atoms with Crippen LogP contribution in [-0.2, 0) is 0 Å². The molecule has 0 unspecified atom stereocenters. The number of rotatable bonds is 6. The topological polar surface area (TPSA) is 42.2 Å². The zero-order valence-electron chi connectivity index (χ0n) is 30.3. The first-order valence-corrected chi connectivity index (χ1v) is 18.9. The predicted octanol–water partition coefficient (Wildman–Crippen LogP) is 14.3. The maximum Gasteiger partial charge on any atom is 0.159 e. The lowest BCUT2D eigenvalue weighted by Crippen LogP contribution is -2.10. The van der Waals surface area contributed by atoms with Crippen molar-refractivity contribution in [1.29, 1.82) is 0 Å². The standard InChI is InChI=1S/C52H33N3O/c1-4-13-37(14-5-1)49-50(38-15-6-2-7-16-38)54-51-45(53-49)32-29-36-25-23-35-24-26-39(33-44(35)48(36)51)34-27-30-41(31-28-34)55(40-17-8-3-9-18-40)46-21-12-20-43-42-19-10-11-22-47(42)56-52(43)46/h1-33H. The Balaban J connectivity index is 1.06. The van der Waals surface area contributed by atoms with Gasteiger partial charge < -0.3 is 9.32 Å². The van der Waals surface area contributed by atoms with Crippen molar-refractivity contribution in [2.75, 3.05) is 4.90 Å². The van der Waals surface area contributed by atoms with Gasteiger partial charge in [-0.25, -0.2) is 9.97 Å². The molecular weight excluding hydrogens is 683 g/mol. The molecule has 11 aromatic rings. The Labute approximate surface area is 323 Å². The third kappa shape index (κ3) is 5.31. The summed E-state index contributed by atoms with van der Waals surface area (Å²) in [6.45, 7) is 0. The van der Waals surface area contributed by atoms with Crippen molar-refractivity contribution >= 4 is 71.6 Å². The van der Waals surface area contributed by atoms with E-state index in [1.807, 2.05) is 24.3 Å². The van der Waals surface area contributed by atoms with Crippen molar-refractivity contribution < 1.29 is 4.42 Å². The molecule has 0 aliphatic rings. The van der Waals surface area contributed by atoms with Gasteiger partial charge in [0.25, 0.3) is 0 Å². The minimum atomic E-state index is 0.865. The Morgan fingerprint density at radius 1 is 0.393 bits per heavy atom. The molecule has 0 saturated heterocycles. The van der Waals surface area contributed by atoms with Crippen molar-refractivity contribution in [3.05, 3.63) is 200 Å². The van der Waals surface area contributed by atoms with E-state index in [1.54, 1.807) is 0 Å². The van der Waals surface area contributed by atoms with Gasteiger partial charge in [0.2, 0.25) is 0 Å². The minimum Gasteiger partial charge on any atom is -0.454 e. The van der Waals surface area contributed by atoms with Crippen LogP contribution in [-0.4, -0.2) is 9.97 Å². The zero-order valence-corrected chi connectivity index (χ0v) is 30.3. The maximum absolute atomic E-state index is 6.52. The van der Waals surface area contributed by atoms with Crippen LogP contribution in [0.1, 0.15) is 0 Å². The summed E-state index contributed by atoms with van der Waals surface area (Å²) in [5.41, 5.74) is 12.7. The van der Waals surface area contributed by atoms with Crippen LogP contribution in [0.5, 0.6) is 0 Å². The number of hydrogen-bond donors (Lipinski definition) is 0. The molecule has 0 N–H and O–H groups in total. The summed E-state index contributed by atoms with van der Waals surface area (Å²) in [5, 5.41) is 6.77. The monoisotopic (exact) mass is 715 g/mol.